The number of nitrogens with one attached hydrogen (secondary N) is 2. The molecule has 2 aromatic rings. The van der Waals surface area contributed by atoms with Gasteiger partial charge in [-0.3, -0.25) is 4.98 Å². The minimum absolute atomic E-state index is 0.898. The number of aromatic nitrogens is 1. The van der Waals surface area contributed by atoms with Gasteiger partial charge in [0, 0.05) is 31.0 Å². The molecule has 0 unspecified atom stereocenters. The van der Waals surface area contributed by atoms with Gasteiger partial charge in [0.25, 0.3) is 0 Å². The fraction of sp³-hybridized carbons (Fsp3) is 0.353. The molecule has 0 atom stereocenters. The van der Waals surface area contributed by atoms with Crippen LogP contribution in [-0.4, -0.2) is 24.6 Å². The van der Waals surface area contributed by atoms with Crippen molar-refractivity contribution in [2.75, 3.05) is 35.2 Å². The first-order valence-corrected chi connectivity index (χ1v) is 7.66. The summed E-state index contributed by atoms with van der Waals surface area (Å²) in [7, 11) is 0. The Morgan fingerprint density at radius 1 is 1.00 bits per heavy atom. The molecule has 0 aliphatic carbocycles. The highest BCUT2D eigenvalue weighted by Crippen LogP contribution is 2.24. The molecule has 3 rings (SSSR count). The summed E-state index contributed by atoms with van der Waals surface area (Å²) in [5.41, 5.74) is 4.45. The molecule has 1 fully saturated rings. The van der Waals surface area contributed by atoms with Crippen molar-refractivity contribution in [2.45, 2.75) is 19.8 Å². The Balaban J connectivity index is 1.68. The van der Waals surface area contributed by atoms with Crippen LogP contribution in [0.2, 0.25) is 0 Å². The van der Waals surface area contributed by atoms with Crippen LogP contribution >= 0.6 is 0 Å². The predicted octanol–water partition coefficient (Wildman–Crippen LogP) is 3.86. The summed E-state index contributed by atoms with van der Waals surface area (Å²) in [6, 6.07) is 10.7. The number of hydrogen-bond donors (Lipinski definition) is 2. The van der Waals surface area contributed by atoms with Gasteiger partial charge >= 0.3 is 0 Å². The largest absolute Gasteiger partial charge is 0.384 e. The maximum absolute atomic E-state index is 4.25. The average Bonchev–Trinajstić information content (AvgIpc) is 3.03. The summed E-state index contributed by atoms with van der Waals surface area (Å²) < 4.78 is 0. The first-order valence-electron chi connectivity index (χ1n) is 7.66. The van der Waals surface area contributed by atoms with Crippen molar-refractivity contribution in [1.29, 1.82) is 0 Å². The van der Waals surface area contributed by atoms with Crippen LogP contribution in [0.1, 0.15) is 19.8 Å². The van der Waals surface area contributed by atoms with Gasteiger partial charge in [0.05, 0.1) is 23.8 Å². The van der Waals surface area contributed by atoms with Gasteiger partial charge in [-0.25, -0.2) is 0 Å². The lowest BCUT2D eigenvalue weighted by Gasteiger charge is -2.18. The Bertz CT molecular complexity index is 574. The normalized spacial score (nSPS) is 14.2. The molecule has 21 heavy (non-hydrogen) atoms. The monoisotopic (exact) mass is 282 g/mol. The van der Waals surface area contributed by atoms with Gasteiger partial charge in [-0.2, -0.15) is 0 Å². The van der Waals surface area contributed by atoms with E-state index in [0.29, 0.717) is 0 Å². The quantitative estimate of drug-likeness (QED) is 0.873. The van der Waals surface area contributed by atoms with Crippen LogP contribution in [0.25, 0.3) is 0 Å². The number of benzene rings is 1. The van der Waals surface area contributed by atoms with Gasteiger partial charge < -0.3 is 15.5 Å². The standard InChI is InChI=1S/C17H22N4/c1-2-19-15-11-16(13-18-12-15)20-14-5-7-17(8-6-14)21-9-3-4-10-21/h5-8,11-13,19-20H,2-4,9-10H2,1H3. The lowest BCUT2D eigenvalue weighted by Crippen LogP contribution is -2.17. The van der Waals surface area contributed by atoms with Crippen molar-refractivity contribution < 1.29 is 0 Å². The van der Waals surface area contributed by atoms with Crippen molar-refractivity contribution in [2.24, 2.45) is 0 Å². The molecule has 0 saturated carbocycles. The molecule has 1 aliphatic heterocycles. The van der Waals surface area contributed by atoms with E-state index in [-0.39, 0.29) is 0 Å². The van der Waals surface area contributed by atoms with Crippen LogP contribution in [0.3, 0.4) is 0 Å². The molecule has 1 aliphatic rings. The fourth-order valence-corrected chi connectivity index (χ4v) is 2.71. The lowest BCUT2D eigenvalue weighted by atomic mass is 10.2. The Hall–Kier alpha value is -2.23. The molecule has 1 aromatic carbocycles. The summed E-state index contributed by atoms with van der Waals surface area (Å²) in [5, 5.41) is 6.67. The Morgan fingerprint density at radius 3 is 2.43 bits per heavy atom. The van der Waals surface area contributed by atoms with E-state index >= 15 is 0 Å². The van der Waals surface area contributed by atoms with Crippen molar-refractivity contribution >= 4 is 22.7 Å². The van der Waals surface area contributed by atoms with Crippen LogP contribution in [-0.2, 0) is 0 Å². The summed E-state index contributed by atoms with van der Waals surface area (Å²) in [6.07, 6.45) is 6.30. The molecular weight excluding hydrogens is 260 g/mol. The maximum atomic E-state index is 4.25. The first-order chi connectivity index (χ1) is 10.3. The zero-order valence-electron chi connectivity index (χ0n) is 12.5. The highest BCUT2D eigenvalue weighted by atomic mass is 15.1. The molecule has 2 heterocycles. The molecule has 0 radical (unpaired) electrons. The molecular formula is C17H22N4. The van der Waals surface area contributed by atoms with E-state index in [1.54, 1.807) is 0 Å². The number of nitrogens with zero attached hydrogens (tertiary/aromatic N) is 2. The van der Waals surface area contributed by atoms with Crippen molar-refractivity contribution in [3.05, 3.63) is 42.7 Å². The zero-order valence-corrected chi connectivity index (χ0v) is 12.5. The van der Waals surface area contributed by atoms with Gasteiger partial charge in [0.2, 0.25) is 0 Å². The van der Waals surface area contributed by atoms with E-state index in [9.17, 15) is 0 Å². The predicted molar refractivity (Wildman–Crippen MR) is 89.6 cm³/mol. The van der Waals surface area contributed by atoms with Gasteiger partial charge in [0.1, 0.15) is 0 Å². The van der Waals surface area contributed by atoms with E-state index in [1.165, 1.54) is 31.6 Å². The second-order valence-corrected chi connectivity index (χ2v) is 5.36. The minimum atomic E-state index is 0.898. The second kappa shape index (κ2) is 6.48. The van der Waals surface area contributed by atoms with Crippen LogP contribution in [0.15, 0.2) is 42.7 Å². The highest BCUT2D eigenvalue weighted by molar-refractivity contribution is 5.65. The van der Waals surface area contributed by atoms with Gasteiger partial charge in [-0.1, -0.05) is 0 Å². The maximum Gasteiger partial charge on any atom is 0.0591 e. The lowest BCUT2D eigenvalue weighted by molar-refractivity contribution is 0.949. The van der Waals surface area contributed by atoms with Crippen LogP contribution in [0.5, 0.6) is 0 Å². The summed E-state index contributed by atoms with van der Waals surface area (Å²) >= 11 is 0. The number of pyridine rings is 1. The number of hydrogen-bond acceptors (Lipinski definition) is 4. The number of anilines is 4. The molecule has 110 valence electrons. The molecule has 0 spiro atoms. The third kappa shape index (κ3) is 3.45. The van der Waals surface area contributed by atoms with Gasteiger partial charge in [0.15, 0.2) is 0 Å². The Morgan fingerprint density at radius 2 is 1.71 bits per heavy atom. The van der Waals surface area contributed by atoms with Gasteiger partial charge in [-0.15, -0.1) is 0 Å². The fourth-order valence-electron chi connectivity index (χ4n) is 2.71. The van der Waals surface area contributed by atoms with Crippen LogP contribution in [0.4, 0.5) is 22.7 Å². The molecule has 0 amide bonds. The Kier molecular flexibility index (Phi) is 4.24. The van der Waals surface area contributed by atoms with Crippen LogP contribution < -0.4 is 15.5 Å². The first kappa shape index (κ1) is 13.7. The van der Waals surface area contributed by atoms with E-state index in [1.807, 2.05) is 12.4 Å². The molecule has 4 nitrogen and oxygen atoms in total. The second-order valence-electron chi connectivity index (χ2n) is 5.36. The smallest absolute Gasteiger partial charge is 0.0591 e. The van der Waals surface area contributed by atoms with Crippen molar-refractivity contribution in [3.63, 3.8) is 0 Å². The number of rotatable bonds is 5. The van der Waals surface area contributed by atoms with E-state index in [0.717, 1.165) is 23.6 Å². The van der Waals surface area contributed by atoms with Crippen LogP contribution in [0, 0.1) is 0 Å². The highest BCUT2D eigenvalue weighted by Gasteiger charge is 2.11. The molecule has 1 aromatic heterocycles. The SMILES string of the molecule is CCNc1cncc(Nc2ccc(N3CCCC3)cc2)c1. The van der Waals surface area contributed by atoms with E-state index in [4.69, 9.17) is 0 Å². The molecule has 4 heteroatoms. The zero-order chi connectivity index (χ0) is 14.5. The molecule has 2 N–H and O–H groups in total. The van der Waals surface area contributed by atoms with Crippen molar-refractivity contribution in [1.82, 2.24) is 4.98 Å². The topological polar surface area (TPSA) is 40.2 Å². The van der Waals surface area contributed by atoms with E-state index < -0.39 is 0 Å². The average molecular weight is 282 g/mol. The summed E-state index contributed by atoms with van der Waals surface area (Å²) in [6.45, 7) is 5.34. The van der Waals surface area contributed by atoms with Gasteiger partial charge in [-0.05, 0) is 50.1 Å². The Labute approximate surface area is 126 Å². The van der Waals surface area contributed by atoms with Crippen molar-refractivity contribution in [3.8, 4) is 0 Å². The summed E-state index contributed by atoms with van der Waals surface area (Å²) in [4.78, 5) is 6.69. The summed E-state index contributed by atoms with van der Waals surface area (Å²) in [5.74, 6) is 0. The molecule has 1 saturated heterocycles. The van der Waals surface area contributed by atoms with E-state index in [2.05, 4.69) is 57.8 Å². The minimum Gasteiger partial charge on any atom is -0.384 e. The molecule has 0 bridgehead atoms. The third-order valence-corrected chi connectivity index (χ3v) is 3.75. The third-order valence-electron chi connectivity index (χ3n) is 3.75.